The maximum atomic E-state index is 6.18. The Kier molecular flexibility index (Phi) is 13.2. The predicted octanol–water partition coefficient (Wildman–Crippen LogP) is 10.5. The van der Waals surface area contributed by atoms with Crippen molar-refractivity contribution in [3.63, 3.8) is 0 Å². The molecule has 4 aromatic carbocycles. The van der Waals surface area contributed by atoms with E-state index in [1.54, 1.807) is 0 Å². The number of anilines is 2. The molecule has 0 aliphatic heterocycles. The fourth-order valence-corrected chi connectivity index (χ4v) is 5.41. The first-order chi connectivity index (χ1) is 23.2. The summed E-state index contributed by atoms with van der Waals surface area (Å²) in [6.07, 6.45) is 8.16. The number of aromatic nitrogens is 2. The highest BCUT2D eigenvalue weighted by Gasteiger charge is 2.15. The van der Waals surface area contributed by atoms with Crippen LogP contribution in [0.1, 0.15) is 116 Å². The molecule has 5 rings (SSSR count). The minimum absolute atomic E-state index is 0.380. The van der Waals surface area contributed by atoms with Gasteiger partial charge >= 0.3 is 0 Å². The average molecular weight is 635 g/mol. The van der Waals surface area contributed by atoms with Crippen LogP contribution in [0.5, 0.6) is 0 Å². The van der Waals surface area contributed by atoms with Crippen molar-refractivity contribution < 1.29 is 0 Å². The molecule has 1 aromatic heterocycles. The van der Waals surface area contributed by atoms with Gasteiger partial charge in [0.05, 0.1) is 5.56 Å². The van der Waals surface area contributed by atoms with Gasteiger partial charge in [0.2, 0.25) is 0 Å². The van der Waals surface area contributed by atoms with Gasteiger partial charge in [-0.1, -0.05) is 139 Å². The SMILES string of the molecule is CC(C)c1ccc(C=C(c2ccc(C(C)C)cc2)c2c(N)ncnc2N)cc1.CCCc1ccc(C#Cc2ccc(CCC)cc2)cc1. The maximum Gasteiger partial charge on any atom is 0.136 e. The third-order valence-electron chi connectivity index (χ3n) is 8.31. The summed E-state index contributed by atoms with van der Waals surface area (Å²) >= 11 is 0. The van der Waals surface area contributed by atoms with E-state index in [9.17, 15) is 0 Å². The molecule has 4 N–H and O–H groups in total. The lowest BCUT2D eigenvalue weighted by molar-refractivity contribution is 0.866. The smallest absolute Gasteiger partial charge is 0.136 e. The second-order valence-corrected chi connectivity index (χ2v) is 12.8. The number of nitrogen functional groups attached to an aromatic ring is 2. The molecule has 0 bridgehead atoms. The van der Waals surface area contributed by atoms with Crippen LogP contribution in [-0.2, 0) is 12.8 Å². The van der Waals surface area contributed by atoms with E-state index in [0.29, 0.717) is 29.0 Å². The van der Waals surface area contributed by atoms with Crippen molar-refractivity contribution in [3.05, 3.63) is 153 Å². The summed E-state index contributed by atoms with van der Waals surface area (Å²) in [6.45, 7) is 13.2. The van der Waals surface area contributed by atoms with Gasteiger partial charge in [0.15, 0.2) is 0 Å². The highest BCUT2D eigenvalue weighted by Crippen LogP contribution is 2.33. The molecule has 0 amide bonds. The predicted molar refractivity (Wildman–Crippen MR) is 206 cm³/mol. The molecule has 48 heavy (non-hydrogen) atoms. The number of benzene rings is 4. The molecule has 246 valence electrons. The van der Waals surface area contributed by atoms with Crippen molar-refractivity contribution in [2.75, 3.05) is 11.5 Å². The molecule has 0 saturated carbocycles. The number of rotatable bonds is 9. The van der Waals surface area contributed by atoms with E-state index in [2.05, 4.69) is 166 Å². The van der Waals surface area contributed by atoms with Crippen LogP contribution in [0.2, 0.25) is 0 Å². The normalized spacial score (nSPS) is 11.1. The zero-order chi connectivity index (χ0) is 34.5. The number of hydrogen-bond donors (Lipinski definition) is 2. The van der Waals surface area contributed by atoms with Gasteiger partial charge in [-0.15, -0.1) is 0 Å². The fourth-order valence-electron chi connectivity index (χ4n) is 5.41. The lowest BCUT2D eigenvalue weighted by Crippen LogP contribution is -2.05. The molecule has 0 spiro atoms. The number of aryl methyl sites for hydroxylation is 2. The van der Waals surface area contributed by atoms with Gasteiger partial charge in [-0.2, -0.15) is 0 Å². The Morgan fingerprint density at radius 3 is 1.42 bits per heavy atom. The highest BCUT2D eigenvalue weighted by atomic mass is 15.0. The zero-order valence-corrected chi connectivity index (χ0v) is 29.4. The van der Waals surface area contributed by atoms with E-state index >= 15 is 0 Å². The van der Waals surface area contributed by atoms with Crippen LogP contribution in [0.15, 0.2) is 103 Å². The summed E-state index contributed by atoms with van der Waals surface area (Å²) in [6, 6.07) is 34.2. The monoisotopic (exact) mass is 634 g/mol. The van der Waals surface area contributed by atoms with Crippen molar-refractivity contribution in [1.82, 2.24) is 9.97 Å². The minimum atomic E-state index is 0.380. The summed E-state index contributed by atoms with van der Waals surface area (Å²) in [5.41, 5.74) is 23.6. The minimum Gasteiger partial charge on any atom is -0.383 e. The Hall–Kier alpha value is -5.14. The van der Waals surface area contributed by atoms with E-state index in [0.717, 1.165) is 40.7 Å². The molecule has 0 unspecified atom stereocenters. The van der Waals surface area contributed by atoms with Crippen LogP contribution in [0.4, 0.5) is 11.6 Å². The molecule has 5 aromatic rings. The largest absolute Gasteiger partial charge is 0.383 e. The van der Waals surface area contributed by atoms with E-state index in [-0.39, 0.29) is 0 Å². The molecule has 0 aliphatic rings. The summed E-state index contributed by atoms with van der Waals surface area (Å²) < 4.78 is 0. The van der Waals surface area contributed by atoms with E-state index in [1.165, 1.54) is 41.4 Å². The van der Waals surface area contributed by atoms with Gasteiger partial charge < -0.3 is 11.5 Å². The van der Waals surface area contributed by atoms with Crippen LogP contribution in [0.3, 0.4) is 0 Å². The van der Waals surface area contributed by atoms with Crippen LogP contribution in [0, 0.1) is 11.8 Å². The Bertz CT molecular complexity index is 1750. The zero-order valence-electron chi connectivity index (χ0n) is 29.4. The summed E-state index contributed by atoms with van der Waals surface area (Å²) in [7, 11) is 0. The summed E-state index contributed by atoms with van der Waals surface area (Å²) in [5, 5.41) is 0. The highest BCUT2D eigenvalue weighted by molar-refractivity contribution is 5.97. The molecule has 4 nitrogen and oxygen atoms in total. The lowest BCUT2D eigenvalue weighted by Gasteiger charge is -2.14. The quantitative estimate of drug-likeness (QED) is 0.125. The van der Waals surface area contributed by atoms with E-state index in [4.69, 9.17) is 11.5 Å². The van der Waals surface area contributed by atoms with Gasteiger partial charge in [-0.25, -0.2) is 9.97 Å². The van der Waals surface area contributed by atoms with E-state index in [1.807, 2.05) is 0 Å². The molecular formula is C44H50N4. The molecule has 4 heteroatoms. The third-order valence-corrected chi connectivity index (χ3v) is 8.31. The number of hydrogen-bond acceptors (Lipinski definition) is 4. The Balaban J connectivity index is 0.000000229. The van der Waals surface area contributed by atoms with Crippen molar-refractivity contribution in [2.24, 2.45) is 0 Å². The number of nitrogens with zero attached hydrogens (tertiary/aromatic N) is 2. The second-order valence-electron chi connectivity index (χ2n) is 12.8. The molecule has 0 radical (unpaired) electrons. The van der Waals surface area contributed by atoms with Crippen molar-refractivity contribution in [1.29, 1.82) is 0 Å². The van der Waals surface area contributed by atoms with Gasteiger partial charge in [0.1, 0.15) is 18.0 Å². The van der Waals surface area contributed by atoms with Crippen molar-refractivity contribution >= 4 is 23.3 Å². The van der Waals surface area contributed by atoms with Gasteiger partial charge in [0, 0.05) is 11.1 Å². The first-order valence-corrected chi connectivity index (χ1v) is 17.2. The fraction of sp³-hybridized carbons (Fsp3) is 0.273. The van der Waals surface area contributed by atoms with Crippen LogP contribution in [-0.4, -0.2) is 9.97 Å². The molecule has 0 saturated heterocycles. The topological polar surface area (TPSA) is 77.8 Å². The number of nitrogens with two attached hydrogens (primary N) is 2. The standard InChI is InChI=1S/C24H28N4.C20H22/c1-15(2)18-7-5-17(6-8-18)13-21(22-23(25)27-14-28-24(22)26)20-11-9-19(10-12-20)16(3)4;1-3-5-17-7-11-19(12-8-17)15-16-20-13-9-18(6-4-2)10-14-20/h5-16H,1-4H3,(H4,25,26,27,28);7-14H,3-6H2,1-2H3. The molecule has 0 fully saturated rings. The van der Waals surface area contributed by atoms with Crippen molar-refractivity contribution in [3.8, 4) is 11.8 Å². The molecule has 1 heterocycles. The van der Waals surface area contributed by atoms with Crippen LogP contribution in [0.25, 0.3) is 11.6 Å². The lowest BCUT2D eigenvalue weighted by atomic mass is 9.93. The molecular weight excluding hydrogens is 585 g/mol. The first kappa shape index (κ1) is 35.7. The summed E-state index contributed by atoms with van der Waals surface area (Å²) in [5.74, 6) is 8.19. The summed E-state index contributed by atoms with van der Waals surface area (Å²) in [4.78, 5) is 8.31. The van der Waals surface area contributed by atoms with Gasteiger partial charge in [0.25, 0.3) is 0 Å². The van der Waals surface area contributed by atoms with Gasteiger partial charge in [-0.3, -0.25) is 0 Å². The Morgan fingerprint density at radius 1 is 0.604 bits per heavy atom. The second kappa shape index (κ2) is 17.7. The van der Waals surface area contributed by atoms with Crippen molar-refractivity contribution in [2.45, 2.75) is 79.1 Å². The average Bonchev–Trinajstić information content (AvgIpc) is 3.09. The van der Waals surface area contributed by atoms with E-state index < -0.39 is 0 Å². The van der Waals surface area contributed by atoms with Gasteiger partial charge in [-0.05, 0) is 94.0 Å². The Labute approximate surface area is 288 Å². The Morgan fingerprint density at radius 2 is 1.02 bits per heavy atom. The third kappa shape index (κ3) is 10.2. The molecule has 0 aliphatic carbocycles. The molecule has 0 atom stereocenters. The first-order valence-electron chi connectivity index (χ1n) is 17.2. The van der Waals surface area contributed by atoms with Crippen LogP contribution >= 0.6 is 0 Å². The maximum absolute atomic E-state index is 6.18. The van der Waals surface area contributed by atoms with Crippen LogP contribution < -0.4 is 11.5 Å².